The van der Waals surface area contributed by atoms with Gasteiger partial charge in [-0.3, -0.25) is 0 Å². The van der Waals surface area contributed by atoms with Crippen molar-refractivity contribution in [3.05, 3.63) is 17.8 Å². The summed E-state index contributed by atoms with van der Waals surface area (Å²) in [4.78, 5) is 8.02. The van der Waals surface area contributed by atoms with Crippen LogP contribution < -0.4 is 5.32 Å². The Morgan fingerprint density at radius 1 is 1.37 bits per heavy atom. The van der Waals surface area contributed by atoms with Gasteiger partial charge in [0.1, 0.15) is 6.33 Å². The van der Waals surface area contributed by atoms with Crippen molar-refractivity contribution in [3.63, 3.8) is 0 Å². The molecule has 2 aliphatic rings. The first-order chi connectivity index (χ1) is 9.29. The maximum atomic E-state index is 14.2. The minimum Gasteiger partial charge on any atom is -0.378 e. The third-order valence-corrected chi connectivity index (χ3v) is 4.30. The monoisotopic (exact) mass is 265 g/mol. The Morgan fingerprint density at radius 2 is 2.26 bits per heavy atom. The molecule has 1 saturated carbocycles. The van der Waals surface area contributed by atoms with Crippen LogP contribution in [0, 0.1) is 11.7 Å². The van der Waals surface area contributed by atoms with Crippen LogP contribution in [0.5, 0.6) is 0 Å². The number of nitrogens with zero attached hydrogens (tertiary/aromatic N) is 2. The first-order valence-electron chi connectivity index (χ1n) is 7.17. The van der Waals surface area contributed by atoms with E-state index in [0.717, 1.165) is 32.3 Å². The predicted octanol–water partition coefficient (Wildman–Crippen LogP) is 2.55. The molecule has 1 aliphatic carbocycles. The number of hydrogen-bond donors (Lipinski definition) is 1. The van der Waals surface area contributed by atoms with E-state index >= 15 is 0 Å². The van der Waals surface area contributed by atoms with Crippen LogP contribution in [0.4, 0.5) is 10.2 Å². The van der Waals surface area contributed by atoms with Gasteiger partial charge >= 0.3 is 0 Å². The van der Waals surface area contributed by atoms with Crippen molar-refractivity contribution in [2.75, 3.05) is 11.9 Å². The topological polar surface area (TPSA) is 47.0 Å². The second-order valence-electron chi connectivity index (χ2n) is 5.38. The first kappa shape index (κ1) is 12.8. The van der Waals surface area contributed by atoms with Gasteiger partial charge in [-0.15, -0.1) is 0 Å². The highest BCUT2D eigenvalue weighted by atomic mass is 19.1. The van der Waals surface area contributed by atoms with Crippen molar-refractivity contribution in [1.82, 2.24) is 9.97 Å². The van der Waals surface area contributed by atoms with Crippen molar-refractivity contribution < 1.29 is 9.13 Å². The summed E-state index contributed by atoms with van der Waals surface area (Å²) in [5.74, 6) is 0.545. The molecule has 104 valence electrons. The summed E-state index contributed by atoms with van der Waals surface area (Å²) in [7, 11) is 0. The maximum absolute atomic E-state index is 14.2. The molecule has 1 aromatic rings. The van der Waals surface area contributed by atoms with Gasteiger partial charge in [0, 0.05) is 18.6 Å². The van der Waals surface area contributed by atoms with Crippen molar-refractivity contribution in [3.8, 4) is 0 Å². The van der Waals surface area contributed by atoms with Crippen molar-refractivity contribution in [2.45, 2.75) is 51.2 Å². The number of anilines is 1. The Hall–Kier alpha value is -1.23. The third kappa shape index (κ3) is 2.43. The number of hydrogen-bond acceptors (Lipinski definition) is 4. The van der Waals surface area contributed by atoms with E-state index in [1.54, 1.807) is 0 Å². The van der Waals surface area contributed by atoms with Crippen LogP contribution in [0.1, 0.15) is 38.3 Å². The summed E-state index contributed by atoms with van der Waals surface area (Å²) < 4.78 is 19.9. The standard InChI is InChI=1S/C14H20FN3O/c1-2-10-13(15)14(17-8-16-10)18-11-4-3-5-12-9(11)6-7-19-12/h8-9,11-12H,2-7H2,1H3,(H,16,17,18). The van der Waals surface area contributed by atoms with Crippen LogP contribution in [-0.4, -0.2) is 28.7 Å². The highest BCUT2D eigenvalue weighted by molar-refractivity contribution is 5.38. The molecule has 5 heteroatoms. The van der Waals surface area contributed by atoms with Crippen molar-refractivity contribution >= 4 is 5.82 Å². The van der Waals surface area contributed by atoms with Gasteiger partial charge in [0.2, 0.25) is 0 Å². The van der Waals surface area contributed by atoms with E-state index in [1.807, 2.05) is 6.92 Å². The average molecular weight is 265 g/mol. The Morgan fingerprint density at radius 3 is 3.11 bits per heavy atom. The Kier molecular flexibility index (Phi) is 3.64. The Bertz CT molecular complexity index is 454. The van der Waals surface area contributed by atoms with Crippen LogP contribution in [0.3, 0.4) is 0 Å². The minimum absolute atomic E-state index is 0.273. The molecule has 0 spiro atoms. The summed E-state index contributed by atoms with van der Waals surface area (Å²) in [5, 5.41) is 3.29. The van der Waals surface area contributed by atoms with Gasteiger partial charge in [0.15, 0.2) is 11.6 Å². The van der Waals surface area contributed by atoms with Gasteiger partial charge in [0.25, 0.3) is 0 Å². The average Bonchev–Trinajstić information content (AvgIpc) is 2.90. The zero-order valence-corrected chi connectivity index (χ0v) is 11.2. The Labute approximate surface area is 112 Å². The lowest BCUT2D eigenvalue weighted by atomic mass is 9.82. The lowest BCUT2D eigenvalue weighted by molar-refractivity contribution is 0.0619. The predicted molar refractivity (Wildman–Crippen MR) is 70.5 cm³/mol. The largest absolute Gasteiger partial charge is 0.378 e. The maximum Gasteiger partial charge on any atom is 0.186 e. The van der Waals surface area contributed by atoms with Gasteiger partial charge in [-0.25, -0.2) is 14.4 Å². The number of halogens is 1. The summed E-state index contributed by atoms with van der Waals surface area (Å²) in [6.45, 7) is 2.73. The highest BCUT2D eigenvalue weighted by Crippen LogP contribution is 2.36. The normalized spacial score (nSPS) is 30.1. The lowest BCUT2D eigenvalue weighted by Gasteiger charge is -2.33. The van der Waals surface area contributed by atoms with Crippen LogP contribution in [0.25, 0.3) is 0 Å². The summed E-state index contributed by atoms with van der Waals surface area (Å²) in [5.41, 5.74) is 0.479. The number of fused-ring (bicyclic) bond motifs is 1. The second kappa shape index (κ2) is 5.41. The van der Waals surface area contributed by atoms with E-state index in [9.17, 15) is 4.39 Å². The molecule has 3 unspecified atom stereocenters. The van der Waals surface area contributed by atoms with Crippen LogP contribution in [0.15, 0.2) is 6.33 Å². The van der Waals surface area contributed by atoms with E-state index in [1.165, 1.54) is 6.33 Å². The van der Waals surface area contributed by atoms with Crippen LogP contribution in [0.2, 0.25) is 0 Å². The highest BCUT2D eigenvalue weighted by Gasteiger charge is 2.38. The molecule has 3 atom stereocenters. The SMILES string of the molecule is CCc1ncnc(NC2CCCC3OCCC23)c1F. The molecule has 1 aromatic heterocycles. The van der Waals surface area contributed by atoms with Gasteiger partial charge in [-0.1, -0.05) is 6.92 Å². The number of nitrogens with one attached hydrogen (secondary N) is 1. The van der Waals surface area contributed by atoms with E-state index in [0.29, 0.717) is 30.0 Å². The van der Waals surface area contributed by atoms with E-state index in [2.05, 4.69) is 15.3 Å². The zero-order valence-electron chi connectivity index (χ0n) is 11.2. The Balaban J connectivity index is 1.77. The number of aryl methyl sites for hydroxylation is 1. The van der Waals surface area contributed by atoms with Gasteiger partial charge < -0.3 is 10.1 Å². The molecule has 1 saturated heterocycles. The molecular weight excluding hydrogens is 245 g/mol. The van der Waals surface area contributed by atoms with Crippen LogP contribution in [-0.2, 0) is 11.2 Å². The van der Waals surface area contributed by atoms with Gasteiger partial charge in [0.05, 0.1) is 11.8 Å². The molecule has 19 heavy (non-hydrogen) atoms. The van der Waals surface area contributed by atoms with Crippen molar-refractivity contribution in [2.24, 2.45) is 5.92 Å². The number of rotatable bonds is 3. The molecule has 2 fully saturated rings. The summed E-state index contributed by atoms with van der Waals surface area (Å²) >= 11 is 0. The molecule has 0 aromatic carbocycles. The molecule has 2 heterocycles. The quantitative estimate of drug-likeness (QED) is 0.912. The molecule has 0 bridgehead atoms. The van der Waals surface area contributed by atoms with Crippen molar-refractivity contribution in [1.29, 1.82) is 0 Å². The molecule has 0 radical (unpaired) electrons. The molecule has 4 nitrogen and oxygen atoms in total. The number of ether oxygens (including phenoxy) is 1. The minimum atomic E-state index is -0.300. The van der Waals surface area contributed by atoms with E-state index < -0.39 is 0 Å². The van der Waals surface area contributed by atoms with Crippen LogP contribution >= 0.6 is 0 Å². The molecule has 0 amide bonds. The summed E-state index contributed by atoms with van der Waals surface area (Å²) in [6, 6.07) is 0.273. The fraction of sp³-hybridized carbons (Fsp3) is 0.714. The fourth-order valence-electron chi connectivity index (χ4n) is 3.28. The molecule has 3 rings (SSSR count). The lowest BCUT2D eigenvalue weighted by Crippen LogP contribution is -2.38. The van der Waals surface area contributed by atoms with E-state index in [4.69, 9.17) is 4.74 Å². The van der Waals surface area contributed by atoms with Gasteiger partial charge in [-0.2, -0.15) is 0 Å². The second-order valence-corrected chi connectivity index (χ2v) is 5.38. The number of aromatic nitrogens is 2. The van der Waals surface area contributed by atoms with Gasteiger partial charge in [-0.05, 0) is 32.1 Å². The summed E-state index contributed by atoms with van der Waals surface area (Å²) in [6.07, 6.45) is 6.77. The molecule has 1 N–H and O–H groups in total. The molecule has 1 aliphatic heterocycles. The fourth-order valence-corrected chi connectivity index (χ4v) is 3.28. The smallest absolute Gasteiger partial charge is 0.186 e. The molecular formula is C14H20FN3O. The first-order valence-corrected chi connectivity index (χ1v) is 7.17. The zero-order chi connectivity index (χ0) is 13.2. The van der Waals surface area contributed by atoms with E-state index in [-0.39, 0.29) is 11.9 Å². The third-order valence-electron chi connectivity index (χ3n) is 4.30.